The van der Waals surface area contributed by atoms with Gasteiger partial charge >= 0.3 is 0 Å². The molecule has 1 saturated carbocycles. The highest BCUT2D eigenvalue weighted by Gasteiger charge is 2.16. The van der Waals surface area contributed by atoms with Gasteiger partial charge in [-0.1, -0.05) is 12.8 Å². The number of hydrogen-bond acceptors (Lipinski definition) is 3. The summed E-state index contributed by atoms with van der Waals surface area (Å²) < 4.78 is 0. The number of piperidine rings is 1. The number of nitrogens with one attached hydrogen (secondary N) is 2. The van der Waals surface area contributed by atoms with Gasteiger partial charge in [-0.05, 0) is 69.0 Å². The maximum Gasteiger partial charge on any atom is 0.0341 e. The SMILES string of the molecule is c1cc(SC2CCCC2)ccc1NCC1CCNCC1. The number of rotatable bonds is 5. The Labute approximate surface area is 127 Å². The van der Waals surface area contributed by atoms with Crippen LogP contribution in [0.4, 0.5) is 5.69 Å². The minimum atomic E-state index is 0.837. The van der Waals surface area contributed by atoms with E-state index in [0.29, 0.717) is 0 Å². The van der Waals surface area contributed by atoms with Gasteiger partial charge in [0.05, 0.1) is 0 Å². The van der Waals surface area contributed by atoms with Crippen molar-refractivity contribution in [2.75, 3.05) is 25.0 Å². The molecule has 1 aliphatic heterocycles. The predicted molar refractivity (Wildman–Crippen MR) is 88.6 cm³/mol. The minimum absolute atomic E-state index is 0.837. The molecule has 0 aromatic heterocycles. The van der Waals surface area contributed by atoms with Crippen molar-refractivity contribution >= 4 is 17.4 Å². The van der Waals surface area contributed by atoms with E-state index in [1.807, 2.05) is 0 Å². The fourth-order valence-corrected chi connectivity index (χ4v) is 4.45. The van der Waals surface area contributed by atoms with Crippen LogP contribution in [-0.2, 0) is 0 Å². The van der Waals surface area contributed by atoms with Gasteiger partial charge in [-0.25, -0.2) is 0 Å². The molecule has 20 heavy (non-hydrogen) atoms. The first-order valence-corrected chi connectivity index (χ1v) is 8.99. The average molecular weight is 290 g/mol. The summed E-state index contributed by atoms with van der Waals surface area (Å²) in [4.78, 5) is 1.43. The van der Waals surface area contributed by atoms with Crippen molar-refractivity contribution in [1.82, 2.24) is 5.32 Å². The van der Waals surface area contributed by atoms with Crippen LogP contribution in [0.25, 0.3) is 0 Å². The highest BCUT2D eigenvalue weighted by atomic mass is 32.2. The van der Waals surface area contributed by atoms with Gasteiger partial charge in [-0.15, -0.1) is 11.8 Å². The van der Waals surface area contributed by atoms with Gasteiger partial charge in [-0.3, -0.25) is 0 Å². The van der Waals surface area contributed by atoms with E-state index in [9.17, 15) is 0 Å². The van der Waals surface area contributed by atoms with E-state index >= 15 is 0 Å². The summed E-state index contributed by atoms with van der Waals surface area (Å²) in [5.41, 5.74) is 1.28. The molecule has 110 valence electrons. The van der Waals surface area contributed by atoms with Crippen LogP contribution < -0.4 is 10.6 Å². The Morgan fingerprint density at radius 1 is 1.00 bits per heavy atom. The van der Waals surface area contributed by atoms with Crippen LogP contribution in [0.1, 0.15) is 38.5 Å². The topological polar surface area (TPSA) is 24.1 Å². The first kappa shape index (κ1) is 14.3. The molecule has 0 bridgehead atoms. The van der Waals surface area contributed by atoms with Gasteiger partial charge < -0.3 is 10.6 Å². The zero-order chi connectivity index (χ0) is 13.6. The zero-order valence-corrected chi connectivity index (χ0v) is 13.1. The number of thioether (sulfide) groups is 1. The van der Waals surface area contributed by atoms with Crippen LogP contribution in [0.15, 0.2) is 29.2 Å². The summed E-state index contributed by atoms with van der Waals surface area (Å²) >= 11 is 2.07. The first-order chi connectivity index (χ1) is 9.90. The van der Waals surface area contributed by atoms with Gasteiger partial charge in [0.25, 0.3) is 0 Å². The third kappa shape index (κ3) is 4.16. The lowest BCUT2D eigenvalue weighted by atomic mass is 9.98. The van der Waals surface area contributed by atoms with E-state index in [2.05, 4.69) is 46.7 Å². The van der Waals surface area contributed by atoms with E-state index in [-0.39, 0.29) is 0 Å². The minimum Gasteiger partial charge on any atom is -0.385 e. The molecule has 1 saturated heterocycles. The van der Waals surface area contributed by atoms with Crippen molar-refractivity contribution < 1.29 is 0 Å². The summed E-state index contributed by atoms with van der Waals surface area (Å²) in [6.07, 6.45) is 8.27. The zero-order valence-electron chi connectivity index (χ0n) is 12.2. The molecule has 1 aromatic rings. The van der Waals surface area contributed by atoms with Crippen molar-refractivity contribution in [3.05, 3.63) is 24.3 Å². The second-order valence-corrected chi connectivity index (χ2v) is 7.50. The molecule has 2 nitrogen and oxygen atoms in total. The molecule has 1 aliphatic carbocycles. The van der Waals surface area contributed by atoms with Gasteiger partial charge in [0, 0.05) is 22.4 Å². The van der Waals surface area contributed by atoms with Crippen LogP contribution >= 0.6 is 11.8 Å². The van der Waals surface area contributed by atoms with Crippen molar-refractivity contribution in [2.24, 2.45) is 5.92 Å². The number of anilines is 1. The molecule has 0 radical (unpaired) electrons. The molecule has 2 N–H and O–H groups in total. The van der Waals surface area contributed by atoms with Crippen molar-refractivity contribution in [2.45, 2.75) is 48.7 Å². The summed E-state index contributed by atoms with van der Waals surface area (Å²) in [7, 11) is 0. The van der Waals surface area contributed by atoms with Crippen molar-refractivity contribution in [3.63, 3.8) is 0 Å². The van der Waals surface area contributed by atoms with Crippen LogP contribution in [0.3, 0.4) is 0 Å². The second-order valence-electron chi connectivity index (χ2n) is 6.12. The van der Waals surface area contributed by atoms with Crippen LogP contribution in [0.5, 0.6) is 0 Å². The smallest absolute Gasteiger partial charge is 0.0341 e. The lowest BCUT2D eigenvalue weighted by molar-refractivity contribution is 0.390. The lowest BCUT2D eigenvalue weighted by Crippen LogP contribution is -2.31. The molecular weight excluding hydrogens is 264 g/mol. The van der Waals surface area contributed by atoms with Crippen molar-refractivity contribution in [3.8, 4) is 0 Å². The second kappa shape index (κ2) is 7.37. The number of hydrogen-bond donors (Lipinski definition) is 2. The molecule has 1 heterocycles. The fraction of sp³-hybridized carbons (Fsp3) is 0.647. The van der Waals surface area contributed by atoms with Crippen molar-refractivity contribution in [1.29, 1.82) is 0 Å². The Morgan fingerprint density at radius 3 is 2.40 bits per heavy atom. The largest absolute Gasteiger partial charge is 0.385 e. The summed E-state index contributed by atoms with van der Waals surface area (Å²) in [5.74, 6) is 0.837. The Hall–Kier alpha value is -0.670. The molecule has 2 aliphatic rings. The molecular formula is C17H26N2S. The van der Waals surface area contributed by atoms with E-state index < -0.39 is 0 Å². The summed E-state index contributed by atoms with van der Waals surface area (Å²) in [6, 6.07) is 9.07. The molecule has 3 heteroatoms. The monoisotopic (exact) mass is 290 g/mol. The fourth-order valence-electron chi connectivity index (χ4n) is 3.20. The van der Waals surface area contributed by atoms with E-state index in [1.165, 1.54) is 62.2 Å². The Kier molecular flexibility index (Phi) is 5.26. The highest BCUT2D eigenvalue weighted by Crippen LogP contribution is 2.34. The number of benzene rings is 1. The van der Waals surface area contributed by atoms with E-state index in [1.54, 1.807) is 0 Å². The molecule has 2 fully saturated rings. The van der Waals surface area contributed by atoms with E-state index in [0.717, 1.165) is 17.7 Å². The molecule has 0 atom stereocenters. The van der Waals surface area contributed by atoms with Gasteiger partial charge in [0.15, 0.2) is 0 Å². The highest BCUT2D eigenvalue weighted by molar-refractivity contribution is 8.00. The summed E-state index contributed by atoms with van der Waals surface area (Å²) in [5, 5.41) is 7.89. The Bertz CT molecular complexity index is 392. The molecule has 1 aromatic carbocycles. The molecule has 0 amide bonds. The lowest BCUT2D eigenvalue weighted by Gasteiger charge is -2.23. The average Bonchev–Trinajstić information content (AvgIpc) is 3.01. The first-order valence-electron chi connectivity index (χ1n) is 8.11. The standard InChI is InChI=1S/C17H26N2S/c1-2-4-16(3-1)20-17-7-5-15(6-8-17)19-13-14-9-11-18-12-10-14/h5-8,14,16,18-19H,1-4,9-13H2. The quantitative estimate of drug-likeness (QED) is 0.852. The normalized spacial score (nSPS) is 21.2. The Morgan fingerprint density at radius 2 is 1.70 bits per heavy atom. The van der Waals surface area contributed by atoms with Gasteiger partial charge in [-0.2, -0.15) is 0 Å². The maximum absolute atomic E-state index is 3.60. The maximum atomic E-state index is 3.60. The summed E-state index contributed by atoms with van der Waals surface area (Å²) in [6.45, 7) is 3.49. The molecule has 0 spiro atoms. The van der Waals surface area contributed by atoms with Crippen LogP contribution in [-0.4, -0.2) is 24.9 Å². The predicted octanol–water partition coefficient (Wildman–Crippen LogP) is 4.13. The molecule has 3 rings (SSSR count). The Balaban J connectivity index is 1.45. The van der Waals surface area contributed by atoms with Crippen LogP contribution in [0, 0.1) is 5.92 Å². The third-order valence-corrected chi connectivity index (χ3v) is 5.86. The van der Waals surface area contributed by atoms with Gasteiger partial charge in [0.1, 0.15) is 0 Å². The molecule has 0 unspecified atom stereocenters. The van der Waals surface area contributed by atoms with Crippen LogP contribution in [0.2, 0.25) is 0 Å². The van der Waals surface area contributed by atoms with E-state index in [4.69, 9.17) is 0 Å². The van der Waals surface area contributed by atoms with Gasteiger partial charge in [0.2, 0.25) is 0 Å². The third-order valence-electron chi connectivity index (χ3n) is 4.51.